The molecule has 2 aromatic carbocycles. The lowest BCUT2D eigenvalue weighted by Crippen LogP contribution is -2.27. The van der Waals surface area contributed by atoms with Crippen molar-refractivity contribution < 1.29 is 9.90 Å². The molecule has 2 rings (SSSR count). The van der Waals surface area contributed by atoms with Gasteiger partial charge in [0, 0.05) is 5.69 Å². The zero-order chi connectivity index (χ0) is 13.8. The van der Waals surface area contributed by atoms with Gasteiger partial charge in [-0.25, -0.2) is 0 Å². The Bertz CT molecular complexity index is 582. The highest BCUT2D eigenvalue weighted by molar-refractivity contribution is 5.95. The van der Waals surface area contributed by atoms with Crippen molar-refractivity contribution in [1.82, 2.24) is 0 Å². The maximum absolute atomic E-state index is 12.0. The molecular weight excluding hydrogens is 240 g/mol. The van der Waals surface area contributed by atoms with Gasteiger partial charge >= 0.3 is 0 Å². The molecule has 2 aromatic rings. The Morgan fingerprint density at radius 2 is 1.89 bits per heavy atom. The van der Waals surface area contributed by atoms with Crippen molar-refractivity contribution in [1.29, 1.82) is 0 Å². The number of amides is 1. The van der Waals surface area contributed by atoms with Crippen molar-refractivity contribution in [2.45, 2.75) is 13.0 Å². The van der Waals surface area contributed by atoms with Crippen molar-refractivity contribution in [2.75, 3.05) is 5.32 Å². The van der Waals surface area contributed by atoms with Gasteiger partial charge in [-0.15, -0.1) is 0 Å². The molecule has 0 saturated heterocycles. The Hall–Kier alpha value is -2.33. The largest absolute Gasteiger partial charge is 0.508 e. The van der Waals surface area contributed by atoms with Gasteiger partial charge in [-0.05, 0) is 36.2 Å². The highest BCUT2D eigenvalue weighted by Gasteiger charge is 2.15. The second kappa shape index (κ2) is 5.54. The van der Waals surface area contributed by atoms with Gasteiger partial charge in [0.25, 0.3) is 0 Å². The number of aromatic hydroxyl groups is 1. The maximum atomic E-state index is 12.0. The molecular formula is C15H16N2O2. The Labute approximate surface area is 111 Å². The average molecular weight is 256 g/mol. The van der Waals surface area contributed by atoms with Crippen molar-refractivity contribution in [3.05, 3.63) is 59.7 Å². The molecule has 0 unspecified atom stereocenters. The van der Waals surface area contributed by atoms with Crippen LogP contribution in [0.15, 0.2) is 48.5 Å². The molecule has 0 spiro atoms. The number of hydrogen-bond donors (Lipinski definition) is 3. The first-order valence-corrected chi connectivity index (χ1v) is 5.99. The van der Waals surface area contributed by atoms with Gasteiger partial charge in [-0.2, -0.15) is 0 Å². The van der Waals surface area contributed by atoms with Gasteiger partial charge in [0.15, 0.2) is 0 Å². The van der Waals surface area contributed by atoms with Gasteiger partial charge in [-0.3, -0.25) is 4.79 Å². The van der Waals surface area contributed by atoms with Gasteiger partial charge in [-0.1, -0.05) is 30.3 Å². The Balaban J connectivity index is 2.10. The summed E-state index contributed by atoms with van der Waals surface area (Å²) in [4.78, 5) is 12.0. The minimum atomic E-state index is -0.713. The van der Waals surface area contributed by atoms with Crippen LogP contribution in [0.2, 0.25) is 0 Å². The molecule has 1 amide bonds. The molecule has 0 aliphatic carbocycles. The third kappa shape index (κ3) is 3.11. The Morgan fingerprint density at radius 1 is 1.21 bits per heavy atom. The second-order valence-electron chi connectivity index (χ2n) is 4.38. The summed E-state index contributed by atoms with van der Waals surface area (Å²) in [5, 5.41) is 12.2. The number of phenolic OH excluding ortho intramolecular Hbond substituents is 1. The molecule has 0 fully saturated rings. The van der Waals surface area contributed by atoms with E-state index in [2.05, 4.69) is 5.32 Å². The van der Waals surface area contributed by atoms with E-state index in [9.17, 15) is 9.90 Å². The lowest BCUT2D eigenvalue weighted by Gasteiger charge is -2.13. The Kier molecular flexibility index (Phi) is 3.82. The summed E-state index contributed by atoms with van der Waals surface area (Å²) in [6.45, 7) is 1.77. The molecule has 19 heavy (non-hydrogen) atoms. The van der Waals surface area contributed by atoms with Gasteiger partial charge in [0.2, 0.25) is 5.91 Å². The van der Waals surface area contributed by atoms with Crippen LogP contribution in [0.25, 0.3) is 0 Å². The third-order valence-corrected chi connectivity index (χ3v) is 2.91. The van der Waals surface area contributed by atoms with Crippen LogP contribution in [-0.2, 0) is 4.79 Å². The molecule has 1 atom stereocenters. The van der Waals surface area contributed by atoms with E-state index >= 15 is 0 Å². The van der Waals surface area contributed by atoms with Crippen LogP contribution < -0.4 is 11.1 Å². The van der Waals surface area contributed by atoms with Crippen molar-refractivity contribution in [3.8, 4) is 5.75 Å². The van der Waals surface area contributed by atoms with E-state index in [-0.39, 0.29) is 11.7 Å². The number of rotatable bonds is 3. The van der Waals surface area contributed by atoms with Gasteiger partial charge in [0.05, 0.1) is 0 Å². The zero-order valence-electron chi connectivity index (χ0n) is 10.6. The number of aryl methyl sites for hydroxylation is 1. The fourth-order valence-corrected chi connectivity index (χ4v) is 1.76. The molecule has 0 heterocycles. The van der Waals surface area contributed by atoms with Crippen molar-refractivity contribution in [2.24, 2.45) is 5.73 Å². The smallest absolute Gasteiger partial charge is 0.245 e. The summed E-state index contributed by atoms with van der Waals surface area (Å²) < 4.78 is 0. The highest BCUT2D eigenvalue weighted by atomic mass is 16.3. The van der Waals surface area contributed by atoms with E-state index in [1.54, 1.807) is 25.1 Å². The van der Waals surface area contributed by atoms with Crippen molar-refractivity contribution in [3.63, 3.8) is 0 Å². The summed E-state index contributed by atoms with van der Waals surface area (Å²) in [6.07, 6.45) is 0. The van der Waals surface area contributed by atoms with E-state index in [1.807, 2.05) is 30.3 Å². The molecule has 0 radical (unpaired) electrons. The van der Waals surface area contributed by atoms with Crippen LogP contribution in [0.5, 0.6) is 5.75 Å². The van der Waals surface area contributed by atoms with Crippen LogP contribution in [-0.4, -0.2) is 11.0 Å². The zero-order valence-corrected chi connectivity index (χ0v) is 10.6. The number of carbonyl (C=O) groups excluding carboxylic acids is 1. The van der Waals surface area contributed by atoms with Crippen LogP contribution in [0.4, 0.5) is 5.69 Å². The molecule has 4 heteroatoms. The standard InChI is InChI=1S/C15H16N2O2/c1-10-9-12(7-8-13(10)18)17-15(19)14(16)11-5-3-2-4-6-11/h2-9,14,18H,16H2,1H3,(H,17,19)/t14-/m1/s1. The number of nitrogens with one attached hydrogen (secondary N) is 1. The lowest BCUT2D eigenvalue weighted by molar-refractivity contribution is -0.117. The van der Waals surface area contributed by atoms with Crippen LogP contribution in [0, 0.1) is 6.92 Å². The number of anilines is 1. The van der Waals surface area contributed by atoms with Crippen LogP contribution in [0.1, 0.15) is 17.2 Å². The molecule has 0 aromatic heterocycles. The van der Waals surface area contributed by atoms with Crippen molar-refractivity contribution >= 4 is 11.6 Å². The number of hydrogen-bond acceptors (Lipinski definition) is 3. The summed E-state index contributed by atoms with van der Waals surface area (Å²) in [5.74, 6) is -0.0818. The molecule has 0 saturated carbocycles. The van der Waals surface area contributed by atoms with Crippen LogP contribution >= 0.6 is 0 Å². The van der Waals surface area contributed by atoms with E-state index in [1.165, 1.54) is 0 Å². The number of benzene rings is 2. The average Bonchev–Trinajstić information content (AvgIpc) is 2.43. The summed E-state index contributed by atoms with van der Waals surface area (Å²) in [6, 6.07) is 13.3. The summed E-state index contributed by atoms with van der Waals surface area (Å²) >= 11 is 0. The number of carbonyl (C=O) groups is 1. The quantitative estimate of drug-likeness (QED) is 0.738. The monoisotopic (exact) mass is 256 g/mol. The SMILES string of the molecule is Cc1cc(NC(=O)[C@H](N)c2ccccc2)ccc1O. The first-order chi connectivity index (χ1) is 9.08. The molecule has 98 valence electrons. The second-order valence-corrected chi connectivity index (χ2v) is 4.38. The predicted molar refractivity (Wildman–Crippen MR) is 74.8 cm³/mol. The number of phenols is 1. The molecule has 4 nitrogen and oxygen atoms in total. The lowest BCUT2D eigenvalue weighted by atomic mass is 10.1. The van der Waals surface area contributed by atoms with Crippen LogP contribution in [0.3, 0.4) is 0 Å². The maximum Gasteiger partial charge on any atom is 0.245 e. The summed E-state index contributed by atoms with van der Waals surface area (Å²) in [7, 11) is 0. The van der Waals surface area contributed by atoms with E-state index in [4.69, 9.17) is 5.73 Å². The fraction of sp³-hybridized carbons (Fsp3) is 0.133. The minimum absolute atomic E-state index is 0.199. The highest BCUT2D eigenvalue weighted by Crippen LogP contribution is 2.21. The third-order valence-electron chi connectivity index (χ3n) is 2.91. The topological polar surface area (TPSA) is 75.4 Å². The predicted octanol–water partition coefficient (Wildman–Crippen LogP) is 2.34. The van der Waals surface area contributed by atoms with E-state index < -0.39 is 6.04 Å². The van der Waals surface area contributed by atoms with Gasteiger partial charge in [0.1, 0.15) is 11.8 Å². The molecule has 0 bridgehead atoms. The first-order valence-electron chi connectivity index (χ1n) is 5.99. The molecule has 4 N–H and O–H groups in total. The number of nitrogens with two attached hydrogens (primary N) is 1. The van der Waals surface area contributed by atoms with E-state index in [0.29, 0.717) is 11.3 Å². The normalized spacial score (nSPS) is 11.9. The first kappa shape index (κ1) is 13.1. The van der Waals surface area contributed by atoms with Gasteiger partial charge < -0.3 is 16.2 Å². The molecule has 0 aliphatic rings. The van der Waals surface area contributed by atoms with E-state index in [0.717, 1.165) is 5.56 Å². The fourth-order valence-electron chi connectivity index (χ4n) is 1.76. The Morgan fingerprint density at radius 3 is 2.53 bits per heavy atom. The minimum Gasteiger partial charge on any atom is -0.508 e. The molecule has 0 aliphatic heterocycles. The summed E-state index contributed by atoms with van der Waals surface area (Å²) in [5.41, 5.74) is 7.97.